The third kappa shape index (κ3) is 66.5. The van der Waals surface area contributed by atoms with E-state index >= 15 is 0 Å². The second kappa shape index (κ2) is 68.3. The van der Waals surface area contributed by atoms with Crippen molar-refractivity contribution in [2.24, 2.45) is 0 Å². The second-order valence-corrected chi connectivity index (χ2v) is 22.4. The maximum Gasteiger partial charge on any atom is 0.306 e. The molecule has 1 unspecified atom stereocenters. The van der Waals surface area contributed by atoms with Crippen molar-refractivity contribution < 1.29 is 28.6 Å². The highest BCUT2D eigenvalue weighted by molar-refractivity contribution is 5.71. The van der Waals surface area contributed by atoms with Gasteiger partial charge < -0.3 is 14.2 Å². The average molecular weight is 1120 g/mol. The van der Waals surface area contributed by atoms with Crippen molar-refractivity contribution in [2.75, 3.05) is 13.2 Å². The van der Waals surface area contributed by atoms with Gasteiger partial charge in [-0.15, -0.1) is 0 Å². The lowest BCUT2D eigenvalue weighted by molar-refractivity contribution is -0.167. The standard InChI is InChI=1S/C75H126O6/c1-4-7-10-13-16-19-21-23-25-27-29-30-31-32-33-34-35-36-37-38-39-40-41-42-43-44-46-47-49-51-53-56-59-62-65-68-74(77)80-71-72(70-79-73(76)67-64-61-58-55-18-15-12-9-6-3)81-75(78)69-66-63-60-57-54-52-50-48-45-28-26-24-22-20-17-14-11-8-5-2/h7,10,16-17,19-20,23-26,29-30,32-33,35-36,38-39,41-42,72H,4-6,8-9,11-15,18,21-22,27-28,31,34,37,40,43-71H2,1-3H3/b10-7-,19-16-,20-17-,25-23-,26-24-,30-29-,33-32-,36-35-,39-38-,42-41-. The van der Waals surface area contributed by atoms with Gasteiger partial charge in [-0.3, -0.25) is 14.4 Å². The van der Waals surface area contributed by atoms with Gasteiger partial charge in [-0.1, -0.05) is 303 Å². The first kappa shape index (κ1) is 76.8. The molecule has 0 spiro atoms. The first-order valence-corrected chi connectivity index (χ1v) is 34.0. The van der Waals surface area contributed by atoms with Crippen molar-refractivity contribution in [2.45, 2.75) is 322 Å². The van der Waals surface area contributed by atoms with Crippen LogP contribution in [0.15, 0.2) is 122 Å². The lowest BCUT2D eigenvalue weighted by atomic mass is 10.1. The van der Waals surface area contributed by atoms with Crippen LogP contribution in [0, 0.1) is 0 Å². The molecule has 0 fully saturated rings. The summed E-state index contributed by atoms with van der Waals surface area (Å²) in [5, 5.41) is 0. The Morgan fingerprint density at radius 2 is 0.481 bits per heavy atom. The van der Waals surface area contributed by atoms with Crippen molar-refractivity contribution in [1.82, 2.24) is 0 Å². The lowest BCUT2D eigenvalue weighted by Gasteiger charge is -2.18. The van der Waals surface area contributed by atoms with Gasteiger partial charge in [0.25, 0.3) is 0 Å². The highest BCUT2D eigenvalue weighted by Crippen LogP contribution is 2.16. The fraction of sp³-hybridized carbons (Fsp3) is 0.693. The fourth-order valence-electron chi connectivity index (χ4n) is 9.37. The average Bonchev–Trinajstić information content (AvgIpc) is 3.47. The van der Waals surface area contributed by atoms with Crippen LogP contribution >= 0.6 is 0 Å². The van der Waals surface area contributed by atoms with E-state index in [1.54, 1.807) is 0 Å². The maximum atomic E-state index is 12.9. The minimum Gasteiger partial charge on any atom is -0.462 e. The molecule has 0 aliphatic rings. The van der Waals surface area contributed by atoms with Crippen LogP contribution in [-0.4, -0.2) is 37.2 Å². The summed E-state index contributed by atoms with van der Waals surface area (Å²) in [6.45, 7) is 6.49. The van der Waals surface area contributed by atoms with Gasteiger partial charge in [-0.05, 0) is 116 Å². The molecule has 0 bridgehead atoms. The molecule has 1 atom stereocenters. The smallest absolute Gasteiger partial charge is 0.306 e. The molecule has 0 aliphatic carbocycles. The Kier molecular flexibility index (Phi) is 64.8. The summed E-state index contributed by atoms with van der Waals surface area (Å²) >= 11 is 0. The Morgan fingerprint density at radius 3 is 0.778 bits per heavy atom. The van der Waals surface area contributed by atoms with E-state index in [1.165, 1.54) is 161 Å². The highest BCUT2D eigenvalue weighted by Gasteiger charge is 2.19. The number of rotatable bonds is 61. The van der Waals surface area contributed by atoms with E-state index in [4.69, 9.17) is 14.2 Å². The van der Waals surface area contributed by atoms with Crippen molar-refractivity contribution in [3.05, 3.63) is 122 Å². The summed E-state index contributed by atoms with van der Waals surface area (Å²) in [6.07, 6.45) is 95.1. The molecule has 6 nitrogen and oxygen atoms in total. The zero-order valence-electron chi connectivity index (χ0n) is 53.0. The van der Waals surface area contributed by atoms with Crippen LogP contribution in [0.4, 0.5) is 0 Å². The minimum atomic E-state index is -0.782. The Balaban J connectivity index is 4.16. The molecule has 81 heavy (non-hydrogen) atoms. The van der Waals surface area contributed by atoms with Crippen LogP contribution in [0.2, 0.25) is 0 Å². The van der Waals surface area contributed by atoms with E-state index in [9.17, 15) is 14.4 Å². The van der Waals surface area contributed by atoms with E-state index in [1.807, 2.05) is 0 Å². The molecular weight excluding hydrogens is 997 g/mol. The summed E-state index contributed by atoms with van der Waals surface area (Å²) in [5.41, 5.74) is 0. The van der Waals surface area contributed by atoms with Crippen LogP contribution in [0.25, 0.3) is 0 Å². The van der Waals surface area contributed by atoms with Crippen LogP contribution < -0.4 is 0 Å². The molecule has 6 heteroatoms. The number of hydrogen-bond acceptors (Lipinski definition) is 6. The van der Waals surface area contributed by atoms with Gasteiger partial charge in [0.05, 0.1) is 0 Å². The van der Waals surface area contributed by atoms with Gasteiger partial charge in [0, 0.05) is 19.3 Å². The van der Waals surface area contributed by atoms with E-state index in [-0.39, 0.29) is 31.1 Å². The molecule has 0 saturated heterocycles. The molecular formula is C75H126O6. The van der Waals surface area contributed by atoms with Crippen LogP contribution in [0.1, 0.15) is 316 Å². The van der Waals surface area contributed by atoms with Crippen molar-refractivity contribution in [3.63, 3.8) is 0 Å². The van der Waals surface area contributed by atoms with Crippen molar-refractivity contribution in [1.29, 1.82) is 0 Å². The summed E-state index contributed by atoms with van der Waals surface area (Å²) in [5.74, 6) is -0.883. The lowest BCUT2D eigenvalue weighted by Crippen LogP contribution is -2.30. The number of carbonyl (C=O) groups excluding carboxylic acids is 3. The largest absolute Gasteiger partial charge is 0.462 e. The number of carbonyl (C=O) groups is 3. The molecule has 0 aromatic heterocycles. The highest BCUT2D eigenvalue weighted by atomic mass is 16.6. The predicted octanol–water partition coefficient (Wildman–Crippen LogP) is 23.6. The van der Waals surface area contributed by atoms with E-state index in [2.05, 4.69) is 142 Å². The SMILES string of the molecule is CC/C=C\C/C=C\C/C=C\C/C=C\C/C=C\C/C=C\C/C=C\C/C=C\CCCCCCCCCCCCC(=O)OCC(COC(=O)CCCCCCCCCCC)OC(=O)CCCCCCCCCCC/C=C\C/C=C\CCCCC. The Morgan fingerprint density at radius 1 is 0.259 bits per heavy atom. The minimum absolute atomic E-state index is 0.0791. The van der Waals surface area contributed by atoms with Crippen molar-refractivity contribution in [3.8, 4) is 0 Å². The van der Waals surface area contributed by atoms with Gasteiger partial charge in [-0.25, -0.2) is 0 Å². The van der Waals surface area contributed by atoms with Gasteiger partial charge in [-0.2, -0.15) is 0 Å². The molecule has 0 aromatic rings. The first-order valence-electron chi connectivity index (χ1n) is 34.0. The molecule has 0 heterocycles. The third-order valence-corrected chi connectivity index (χ3v) is 14.5. The number of hydrogen-bond donors (Lipinski definition) is 0. The van der Waals surface area contributed by atoms with Crippen LogP contribution in [0.3, 0.4) is 0 Å². The third-order valence-electron chi connectivity index (χ3n) is 14.5. The summed E-state index contributed by atoms with van der Waals surface area (Å²) in [7, 11) is 0. The zero-order chi connectivity index (χ0) is 58.5. The molecule has 0 N–H and O–H groups in total. The molecule has 0 amide bonds. The summed E-state index contributed by atoms with van der Waals surface area (Å²) in [4.78, 5) is 38.2. The van der Waals surface area contributed by atoms with Crippen LogP contribution in [-0.2, 0) is 28.6 Å². The molecule has 0 saturated carbocycles. The Labute approximate surface area is 501 Å². The normalized spacial score (nSPS) is 12.9. The monoisotopic (exact) mass is 1120 g/mol. The molecule has 0 radical (unpaired) electrons. The van der Waals surface area contributed by atoms with Gasteiger partial charge >= 0.3 is 17.9 Å². The van der Waals surface area contributed by atoms with Gasteiger partial charge in [0.2, 0.25) is 0 Å². The quantitative estimate of drug-likeness (QED) is 0.0261. The maximum absolute atomic E-state index is 12.9. The van der Waals surface area contributed by atoms with E-state index in [0.29, 0.717) is 19.3 Å². The molecule has 0 aromatic carbocycles. The van der Waals surface area contributed by atoms with E-state index in [0.717, 1.165) is 116 Å². The molecule has 0 rings (SSSR count). The topological polar surface area (TPSA) is 78.9 Å². The first-order chi connectivity index (χ1) is 40.0. The number of ether oxygens (including phenoxy) is 3. The van der Waals surface area contributed by atoms with E-state index < -0.39 is 6.10 Å². The Hall–Kier alpha value is -4.19. The van der Waals surface area contributed by atoms with Crippen LogP contribution in [0.5, 0.6) is 0 Å². The van der Waals surface area contributed by atoms with Gasteiger partial charge in [0.1, 0.15) is 13.2 Å². The van der Waals surface area contributed by atoms with Gasteiger partial charge in [0.15, 0.2) is 6.10 Å². The molecule has 0 aliphatic heterocycles. The molecule has 462 valence electrons. The Bertz CT molecular complexity index is 1670. The fourth-order valence-corrected chi connectivity index (χ4v) is 9.37. The predicted molar refractivity (Wildman–Crippen MR) is 353 cm³/mol. The van der Waals surface area contributed by atoms with Crippen molar-refractivity contribution >= 4 is 17.9 Å². The zero-order valence-corrected chi connectivity index (χ0v) is 53.0. The number of allylic oxidation sites excluding steroid dienone is 20. The summed E-state index contributed by atoms with van der Waals surface area (Å²) in [6, 6.07) is 0. The summed E-state index contributed by atoms with van der Waals surface area (Å²) < 4.78 is 16.9. The number of esters is 3. The number of unbranched alkanes of at least 4 members (excludes halogenated alkanes) is 30. The second-order valence-electron chi connectivity index (χ2n) is 22.4.